The first-order valence-corrected chi connectivity index (χ1v) is 8.69. The quantitative estimate of drug-likeness (QED) is 0.625. The smallest absolute Gasteiger partial charge is 0.191 e. The Kier molecular flexibility index (Phi) is 7.33. The van der Waals surface area contributed by atoms with E-state index in [2.05, 4.69) is 27.4 Å². The Balaban J connectivity index is 1.81. The van der Waals surface area contributed by atoms with E-state index in [0.29, 0.717) is 12.6 Å². The molecule has 1 atom stereocenters. The monoisotopic (exact) mass is 320 g/mol. The summed E-state index contributed by atoms with van der Waals surface area (Å²) in [6.45, 7) is 8.75. The molecule has 0 radical (unpaired) electrons. The van der Waals surface area contributed by atoms with E-state index < -0.39 is 0 Å². The molecule has 0 aromatic heterocycles. The van der Waals surface area contributed by atoms with E-state index in [4.69, 9.17) is 0 Å². The van der Waals surface area contributed by atoms with Gasteiger partial charge in [-0.15, -0.1) is 0 Å². The lowest BCUT2D eigenvalue weighted by atomic mass is 10.0. The Labute approximate surface area is 139 Å². The van der Waals surface area contributed by atoms with Crippen molar-refractivity contribution >= 4 is 5.96 Å². The Morgan fingerprint density at radius 1 is 1.35 bits per heavy atom. The largest absolute Gasteiger partial charge is 0.357 e. The summed E-state index contributed by atoms with van der Waals surface area (Å²) in [6.07, 6.45) is 3.95. The molecule has 1 aliphatic heterocycles. The van der Waals surface area contributed by atoms with Crippen molar-refractivity contribution in [2.75, 3.05) is 26.2 Å². The molecule has 2 rings (SSSR count). The van der Waals surface area contributed by atoms with Crippen LogP contribution >= 0.6 is 0 Å². The number of halogens is 1. The Morgan fingerprint density at radius 3 is 2.96 bits per heavy atom. The summed E-state index contributed by atoms with van der Waals surface area (Å²) in [5.41, 5.74) is 0.881. The van der Waals surface area contributed by atoms with Gasteiger partial charge in [-0.1, -0.05) is 18.6 Å². The van der Waals surface area contributed by atoms with Gasteiger partial charge < -0.3 is 10.6 Å². The van der Waals surface area contributed by atoms with Crippen molar-refractivity contribution in [2.45, 2.75) is 45.7 Å². The number of likely N-dealkylation sites (tertiary alicyclic amines) is 1. The van der Waals surface area contributed by atoms with Gasteiger partial charge in [0.2, 0.25) is 0 Å². The van der Waals surface area contributed by atoms with Gasteiger partial charge in [-0.25, -0.2) is 9.38 Å². The predicted octanol–water partition coefficient (Wildman–Crippen LogP) is 2.76. The minimum absolute atomic E-state index is 0.213. The molecule has 4 nitrogen and oxygen atoms in total. The van der Waals surface area contributed by atoms with E-state index in [-0.39, 0.29) is 5.82 Å². The first-order valence-electron chi connectivity index (χ1n) is 8.69. The molecular formula is C18H29FN4. The summed E-state index contributed by atoms with van der Waals surface area (Å²) in [5, 5.41) is 6.62. The molecule has 0 amide bonds. The topological polar surface area (TPSA) is 39.7 Å². The third kappa shape index (κ3) is 6.18. The second-order valence-electron chi connectivity index (χ2n) is 6.13. The van der Waals surface area contributed by atoms with Gasteiger partial charge in [0.15, 0.2) is 5.96 Å². The number of hydrogen-bond donors (Lipinski definition) is 2. The van der Waals surface area contributed by atoms with E-state index in [0.717, 1.165) is 31.2 Å². The molecule has 5 heteroatoms. The maximum atomic E-state index is 13.2. The Bertz CT molecular complexity index is 504. The van der Waals surface area contributed by atoms with Gasteiger partial charge in [0.1, 0.15) is 5.82 Å². The number of guanidine groups is 1. The lowest BCUT2D eigenvalue weighted by molar-refractivity contribution is 0.163. The molecule has 1 aromatic carbocycles. The Morgan fingerprint density at radius 2 is 2.22 bits per heavy atom. The third-order valence-corrected chi connectivity index (χ3v) is 4.29. The van der Waals surface area contributed by atoms with Crippen LogP contribution in [-0.2, 0) is 6.54 Å². The summed E-state index contributed by atoms with van der Waals surface area (Å²) in [4.78, 5) is 7.07. The number of hydrogen-bond acceptors (Lipinski definition) is 2. The highest BCUT2D eigenvalue weighted by Crippen LogP contribution is 2.15. The van der Waals surface area contributed by atoms with Gasteiger partial charge >= 0.3 is 0 Å². The van der Waals surface area contributed by atoms with Crippen LogP contribution in [0.25, 0.3) is 0 Å². The van der Waals surface area contributed by atoms with Crippen molar-refractivity contribution < 1.29 is 4.39 Å². The summed E-state index contributed by atoms with van der Waals surface area (Å²) >= 11 is 0. The van der Waals surface area contributed by atoms with Crippen molar-refractivity contribution in [1.82, 2.24) is 15.5 Å². The maximum Gasteiger partial charge on any atom is 0.191 e. The van der Waals surface area contributed by atoms with Crippen LogP contribution < -0.4 is 10.6 Å². The van der Waals surface area contributed by atoms with Gasteiger partial charge in [-0.05, 0) is 50.9 Å². The summed E-state index contributed by atoms with van der Waals surface area (Å²) in [7, 11) is 0. The zero-order valence-corrected chi connectivity index (χ0v) is 14.3. The van der Waals surface area contributed by atoms with Gasteiger partial charge in [-0.2, -0.15) is 0 Å². The number of rotatable bonds is 6. The normalized spacial score (nSPS) is 19.6. The van der Waals surface area contributed by atoms with Crippen LogP contribution in [0.5, 0.6) is 0 Å². The lowest BCUT2D eigenvalue weighted by Crippen LogP contribution is -2.45. The van der Waals surface area contributed by atoms with Crippen LogP contribution in [0, 0.1) is 5.82 Å². The van der Waals surface area contributed by atoms with Crippen LogP contribution in [-0.4, -0.2) is 43.1 Å². The number of nitrogens with one attached hydrogen (secondary N) is 2. The average molecular weight is 320 g/mol. The van der Waals surface area contributed by atoms with Gasteiger partial charge in [0.05, 0.1) is 6.54 Å². The number of benzene rings is 1. The second-order valence-corrected chi connectivity index (χ2v) is 6.13. The zero-order valence-electron chi connectivity index (χ0n) is 14.3. The second kappa shape index (κ2) is 9.50. The molecule has 0 bridgehead atoms. The minimum Gasteiger partial charge on any atom is -0.357 e. The van der Waals surface area contributed by atoms with Crippen LogP contribution in [0.2, 0.25) is 0 Å². The highest BCUT2D eigenvalue weighted by atomic mass is 19.1. The highest BCUT2D eigenvalue weighted by molar-refractivity contribution is 5.79. The Hall–Kier alpha value is -1.62. The van der Waals surface area contributed by atoms with Crippen LogP contribution in [0.3, 0.4) is 0 Å². The van der Waals surface area contributed by atoms with Crippen molar-refractivity contribution in [3.05, 3.63) is 35.6 Å². The van der Waals surface area contributed by atoms with E-state index in [1.807, 2.05) is 13.0 Å². The zero-order chi connectivity index (χ0) is 16.5. The van der Waals surface area contributed by atoms with E-state index in [1.165, 1.54) is 37.9 Å². The van der Waals surface area contributed by atoms with Crippen molar-refractivity contribution in [2.24, 2.45) is 4.99 Å². The number of aliphatic imine (C=N–C) groups is 1. The molecule has 23 heavy (non-hydrogen) atoms. The summed E-state index contributed by atoms with van der Waals surface area (Å²) in [5.74, 6) is 0.580. The molecule has 2 N–H and O–H groups in total. The first-order chi connectivity index (χ1) is 11.2. The number of nitrogens with zero attached hydrogens (tertiary/aromatic N) is 2. The lowest BCUT2D eigenvalue weighted by Gasteiger charge is -2.33. The molecular weight excluding hydrogens is 291 g/mol. The molecule has 1 unspecified atom stereocenters. The summed E-state index contributed by atoms with van der Waals surface area (Å²) < 4.78 is 13.2. The van der Waals surface area contributed by atoms with E-state index >= 15 is 0 Å². The van der Waals surface area contributed by atoms with Crippen molar-refractivity contribution in [1.29, 1.82) is 0 Å². The standard InChI is InChI=1S/C18H29FN4/c1-3-20-18(22-14-16-8-6-9-17(19)13-16)21-10-12-23-11-5-4-7-15(23)2/h6,8-9,13,15H,3-5,7,10-12,14H2,1-2H3,(H2,20,21,22). The molecule has 0 aliphatic carbocycles. The minimum atomic E-state index is -0.213. The van der Waals surface area contributed by atoms with E-state index in [1.54, 1.807) is 6.07 Å². The SMILES string of the molecule is CCNC(=NCc1cccc(F)c1)NCCN1CCCCC1C. The third-order valence-electron chi connectivity index (χ3n) is 4.29. The van der Waals surface area contributed by atoms with Crippen molar-refractivity contribution in [3.63, 3.8) is 0 Å². The van der Waals surface area contributed by atoms with Gasteiger partial charge in [0, 0.05) is 25.7 Å². The average Bonchev–Trinajstić information content (AvgIpc) is 2.54. The molecule has 0 spiro atoms. The molecule has 1 heterocycles. The summed E-state index contributed by atoms with van der Waals surface area (Å²) in [6, 6.07) is 7.28. The van der Waals surface area contributed by atoms with Crippen LogP contribution in [0.1, 0.15) is 38.7 Å². The maximum absolute atomic E-state index is 13.2. The molecule has 0 saturated carbocycles. The van der Waals surface area contributed by atoms with E-state index in [9.17, 15) is 4.39 Å². The van der Waals surface area contributed by atoms with Crippen LogP contribution in [0.15, 0.2) is 29.3 Å². The first kappa shape index (κ1) is 17.7. The number of piperidine rings is 1. The van der Waals surface area contributed by atoms with Gasteiger partial charge in [0.25, 0.3) is 0 Å². The van der Waals surface area contributed by atoms with Crippen molar-refractivity contribution in [3.8, 4) is 0 Å². The molecule has 1 aromatic rings. The highest BCUT2D eigenvalue weighted by Gasteiger charge is 2.17. The van der Waals surface area contributed by atoms with Crippen LogP contribution in [0.4, 0.5) is 4.39 Å². The van der Waals surface area contributed by atoms with Gasteiger partial charge in [-0.3, -0.25) is 4.90 Å². The molecule has 1 fully saturated rings. The fourth-order valence-electron chi connectivity index (χ4n) is 2.96. The fourth-order valence-corrected chi connectivity index (χ4v) is 2.96. The fraction of sp³-hybridized carbons (Fsp3) is 0.611. The molecule has 128 valence electrons. The molecule has 1 saturated heterocycles. The molecule has 1 aliphatic rings. The predicted molar refractivity (Wildman–Crippen MR) is 94.1 cm³/mol.